The van der Waals surface area contributed by atoms with Gasteiger partial charge in [0.1, 0.15) is 0 Å². The van der Waals surface area contributed by atoms with Gasteiger partial charge < -0.3 is 14.5 Å². The van der Waals surface area contributed by atoms with Crippen LogP contribution in [0.5, 0.6) is 0 Å². The first kappa shape index (κ1) is 33.0. The predicted molar refractivity (Wildman–Crippen MR) is 159 cm³/mol. The highest BCUT2D eigenvalue weighted by Gasteiger charge is 2.40. The standard InChI is InChI=1S/C35H38F6N2O2/c36-34(37,38)28-20-25(21-29(22-28)35(39,40)41)24-45-31-14-19-43(32(44)15-18-42-16-8-3-9-17-42)23-30(31)33(26-10-4-1-5-11-26)27-12-6-2-7-13-27/h1-2,4-7,10-13,20-22,30-31,33H,3,8-9,14-19,23-24H2/t30-,31+/m1/s1. The molecule has 45 heavy (non-hydrogen) atoms. The summed E-state index contributed by atoms with van der Waals surface area (Å²) in [4.78, 5) is 17.6. The number of rotatable bonds is 9. The molecular weight excluding hydrogens is 594 g/mol. The van der Waals surface area contributed by atoms with Crippen molar-refractivity contribution in [2.75, 3.05) is 32.7 Å². The average Bonchev–Trinajstić information content (AvgIpc) is 3.03. The molecule has 0 bridgehead atoms. The number of amides is 1. The van der Waals surface area contributed by atoms with E-state index in [4.69, 9.17) is 4.74 Å². The Morgan fingerprint density at radius 2 is 1.33 bits per heavy atom. The van der Waals surface area contributed by atoms with Gasteiger partial charge in [-0.1, -0.05) is 67.1 Å². The van der Waals surface area contributed by atoms with Crippen molar-refractivity contribution < 1.29 is 35.9 Å². The van der Waals surface area contributed by atoms with E-state index < -0.39 is 36.2 Å². The zero-order valence-electron chi connectivity index (χ0n) is 25.0. The number of ether oxygens (including phenoxy) is 1. The first-order valence-corrected chi connectivity index (χ1v) is 15.5. The van der Waals surface area contributed by atoms with E-state index in [0.29, 0.717) is 32.5 Å². The fourth-order valence-corrected chi connectivity index (χ4v) is 6.62. The van der Waals surface area contributed by atoms with Gasteiger partial charge in [0, 0.05) is 37.9 Å². The molecule has 0 unspecified atom stereocenters. The molecule has 2 aliphatic heterocycles. The summed E-state index contributed by atoms with van der Waals surface area (Å²) in [7, 11) is 0. The molecule has 0 aromatic heterocycles. The number of carbonyl (C=O) groups is 1. The number of piperidine rings is 2. The number of halogens is 6. The monoisotopic (exact) mass is 632 g/mol. The molecule has 1 amide bonds. The van der Waals surface area contributed by atoms with Crippen LogP contribution in [0.4, 0.5) is 26.3 Å². The van der Waals surface area contributed by atoms with Gasteiger partial charge in [-0.25, -0.2) is 0 Å². The number of carbonyl (C=O) groups excluding carboxylic acids is 1. The Morgan fingerprint density at radius 1 is 0.778 bits per heavy atom. The van der Waals surface area contributed by atoms with Gasteiger partial charge in [-0.05, 0) is 67.2 Å². The summed E-state index contributed by atoms with van der Waals surface area (Å²) < 4.78 is 87.4. The molecule has 0 spiro atoms. The minimum absolute atomic E-state index is 0.0385. The molecule has 3 aromatic rings. The fraction of sp³-hybridized carbons (Fsp3) is 0.457. The van der Waals surface area contributed by atoms with Gasteiger partial charge >= 0.3 is 12.4 Å². The average molecular weight is 633 g/mol. The zero-order valence-corrected chi connectivity index (χ0v) is 25.0. The van der Waals surface area contributed by atoms with Crippen molar-refractivity contribution in [3.05, 3.63) is 107 Å². The molecule has 0 N–H and O–H groups in total. The second-order valence-corrected chi connectivity index (χ2v) is 12.0. The SMILES string of the molecule is O=C(CCN1CCCCC1)N1CC[C@H](OCc2cc(C(F)(F)F)cc(C(F)(F)F)c2)[C@H](C(c2ccccc2)c2ccccc2)C1. The Labute approximate surface area is 260 Å². The maximum Gasteiger partial charge on any atom is 0.416 e. The van der Waals surface area contributed by atoms with Crippen molar-refractivity contribution in [1.29, 1.82) is 0 Å². The first-order valence-electron chi connectivity index (χ1n) is 15.5. The normalized spacial score (nSPS) is 20.0. The second-order valence-electron chi connectivity index (χ2n) is 12.0. The largest absolute Gasteiger partial charge is 0.416 e. The third-order valence-electron chi connectivity index (χ3n) is 8.89. The number of hydrogen-bond donors (Lipinski definition) is 0. The van der Waals surface area contributed by atoms with Crippen LogP contribution in [0.1, 0.15) is 65.8 Å². The molecule has 2 fully saturated rings. The Kier molecular flexibility index (Phi) is 10.5. The van der Waals surface area contributed by atoms with Gasteiger partial charge in [-0.2, -0.15) is 26.3 Å². The maximum atomic E-state index is 13.5. The van der Waals surface area contributed by atoms with Crippen molar-refractivity contribution in [3.63, 3.8) is 0 Å². The minimum Gasteiger partial charge on any atom is -0.373 e. The van der Waals surface area contributed by atoms with E-state index in [9.17, 15) is 31.1 Å². The van der Waals surface area contributed by atoms with Crippen LogP contribution in [0.25, 0.3) is 0 Å². The van der Waals surface area contributed by atoms with E-state index in [1.165, 1.54) is 6.42 Å². The van der Waals surface area contributed by atoms with Gasteiger partial charge in [0.05, 0.1) is 23.8 Å². The van der Waals surface area contributed by atoms with E-state index in [2.05, 4.69) is 4.90 Å². The molecular formula is C35H38F6N2O2. The summed E-state index contributed by atoms with van der Waals surface area (Å²) in [6, 6.07) is 21.0. The van der Waals surface area contributed by atoms with E-state index in [1.807, 2.05) is 65.6 Å². The van der Waals surface area contributed by atoms with Crippen LogP contribution in [-0.4, -0.2) is 54.5 Å². The van der Waals surface area contributed by atoms with Gasteiger partial charge in [0.25, 0.3) is 0 Å². The number of hydrogen-bond acceptors (Lipinski definition) is 3. The van der Waals surface area contributed by atoms with E-state index in [1.54, 1.807) is 0 Å². The third kappa shape index (κ3) is 8.67. The molecule has 0 saturated carbocycles. The summed E-state index contributed by atoms with van der Waals surface area (Å²) in [5, 5.41) is 0. The number of nitrogens with zero attached hydrogens (tertiary/aromatic N) is 2. The maximum absolute atomic E-state index is 13.5. The molecule has 3 aromatic carbocycles. The molecule has 2 aliphatic rings. The minimum atomic E-state index is -4.94. The lowest BCUT2D eigenvalue weighted by Gasteiger charge is -2.43. The van der Waals surface area contributed by atoms with Gasteiger partial charge in [0.15, 0.2) is 0 Å². The van der Waals surface area contributed by atoms with Crippen molar-refractivity contribution in [3.8, 4) is 0 Å². The predicted octanol–water partition coefficient (Wildman–Crippen LogP) is 8.17. The Hall–Kier alpha value is -3.37. The number of likely N-dealkylation sites (tertiary alicyclic amines) is 2. The van der Waals surface area contributed by atoms with E-state index in [0.717, 1.165) is 49.2 Å². The highest BCUT2D eigenvalue weighted by atomic mass is 19.4. The van der Waals surface area contributed by atoms with Crippen molar-refractivity contribution >= 4 is 5.91 Å². The van der Waals surface area contributed by atoms with Crippen LogP contribution in [-0.2, 0) is 28.5 Å². The van der Waals surface area contributed by atoms with Crippen LogP contribution >= 0.6 is 0 Å². The lowest BCUT2D eigenvalue weighted by molar-refractivity contribution is -0.143. The van der Waals surface area contributed by atoms with Crippen LogP contribution < -0.4 is 0 Å². The summed E-state index contributed by atoms with van der Waals surface area (Å²) in [5.74, 6) is -0.477. The van der Waals surface area contributed by atoms with Gasteiger partial charge in [-0.3, -0.25) is 4.79 Å². The van der Waals surface area contributed by atoms with Crippen LogP contribution in [0.15, 0.2) is 78.9 Å². The lowest BCUT2D eigenvalue weighted by atomic mass is 9.75. The highest BCUT2D eigenvalue weighted by molar-refractivity contribution is 5.76. The topological polar surface area (TPSA) is 32.8 Å². The van der Waals surface area contributed by atoms with Crippen LogP contribution in [0.2, 0.25) is 0 Å². The fourth-order valence-electron chi connectivity index (χ4n) is 6.62. The second kappa shape index (κ2) is 14.4. The summed E-state index contributed by atoms with van der Waals surface area (Å²) in [6.07, 6.45) is -6.14. The zero-order chi connectivity index (χ0) is 32.0. The van der Waals surface area contributed by atoms with Crippen molar-refractivity contribution in [1.82, 2.24) is 9.80 Å². The molecule has 0 radical (unpaired) electrons. The molecule has 10 heteroatoms. The van der Waals surface area contributed by atoms with E-state index >= 15 is 0 Å². The Bertz CT molecular complexity index is 1320. The van der Waals surface area contributed by atoms with Gasteiger partial charge in [-0.15, -0.1) is 0 Å². The molecule has 242 valence electrons. The summed E-state index contributed by atoms with van der Waals surface area (Å²) in [5.41, 5.74) is -0.959. The summed E-state index contributed by atoms with van der Waals surface area (Å²) in [6.45, 7) is 3.00. The van der Waals surface area contributed by atoms with Crippen LogP contribution in [0, 0.1) is 5.92 Å². The van der Waals surface area contributed by atoms with Gasteiger partial charge in [0.2, 0.25) is 5.91 Å². The molecule has 0 aliphatic carbocycles. The smallest absolute Gasteiger partial charge is 0.373 e. The molecule has 2 heterocycles. The lowest BCUT2D eigenvalue weighted by Crippen LogP contribution is -2.49. The molecule has 4 nitrogen and oxygen atoms in total. The quantitative estimate of drug-likeness (QED) is 0.223. The highest BCUT2D eigenvalue weighted by Crippen LogP contribution is 2.40. The van der Waals surface area contributed by atoms with Crippen molar-refractivity contribution in [2.24, 2.45) is 5.92 Å². The number of benzene rings is 3. The van der Waals surface area contributed by atoms with Crippen LogP contribution in [0.3, 0.4) is 0 Å². The Balaban J connectivity index is 1.42. The van der Waals surface area contributed by atoms with E-state index in [-0.39, 0.29) is 29.4 Å². The van der Waals surface area contributed by atoms with Crippen molar-refractivity contribution in [2.45, 2.75) is 63.1 Å². The number of alkyl halides is 6. The third-order valence-corrected chi connectivity index (χ3v) is 8.89. The molecule has 2 atom stereocenters. The first-order chi connectivity index (χ1) is 21.5. The Morgan fingerprint density at radius 3 is 1.87 bits per heavy atom. The molecule has 2 saturated heterocycles. The molecule has 5 rings (SSSR count). The summed E-state index contributed by atoms with van der Waals surface area (Å²) >= 11 is 0.